The van der Waals surface area contributed by atoms with Crippen LogP contribution in [0.3, 0.4) is 0 Å². The molecule has 1 saturated carbocycles. The lowest BCUT2D eigenvalue weighted by Crippen LogP contribution is -2.39. The first-order chi connectivity index (χ1) is 8.97. The summed E-state index contributed by atoms with van der Waals surface area (Å²) in [6.45, 7) is 2.43. The van der Waals surface area contributed by atoms with Gasteiger partial charge < -0.3 is 10.6 Å². The van der Waals surface area contributed by atoms with Crippen LogP contribution in [0.4, 0.5) is 13.2 Å². The van der Waals surface area contributed by atoms with E-state index in [1.807, 2.05) is 0 Å². The summed E-state index contributed by atoms with van der Waals surface area (Å²) in [6, 6.07) is 0. The van der Waals surface area contributed by atoms with Crippen molar-refractivity contribution in [3.05, 3.63) is 0 Å². The van der Waals surface area contributed by atoms with Crippen LogP contribution < -0.4 is 10.6 Å². The molecule has 1 heterocycles. The Bertz CT molecular complexity index is 314. The highest BCUT2D eigenvalue weighted by atomic mass is 19.4. The van der Waals surface area contributed by atoms with Crippen LogP contribution in [0.25, 0.3) is 0 Å². The molecule has 0 aromatic carbocycles. The summed E-state index contributed by atoms with van der Waals surface area (Å²) in [5.41, 5.74) is 0. The Morgan fingerprint density at radius 1 is 1.26 bits per heavy atom. The fourth-order valence-electron chi connectivity index (χ4n) is 3.00. The third kappa shape index (κ3) is 4.09. The van der Waals surface area contributed by atoms with Gasteiger partial charge in [-0.3, -0.25) is 4.79 Å². The van der Waals surface area contributed by atoms with E-state index in [0.29, 0.717) is 25.3 Å². The predicted octanol–water partition coefficient (Wildman–Crippen LogP) is 2.08. The van der Waals surface area contributed by atoms with Gasteiger partial charge in [0.2, 0.25) is 5.91 Å². The molecule has 3 nitrogen and oxygen atoms in total. The number of nitrogens with one attached hydrogen (secondary N) is 2. The Morgan fingerprint density at radius 2 is 2.05 bits per heavy atom. The van der Waals surface area contributed by atoms with E-state index in [9.17, 15) is 18.0 Å². The van der Waals surface area contributed by atoms with Gasteiger partial charge in [-0.2, -0.15) is 13.2 Å². The minimum Gasteiger partial charge on any atom is -0.356 e. The topological polar surface area (TPSA) is 41.1 Å². The molecule has 1 aliphatic heterocycles. The van der Waals surface area contributed by atoms with Gasteiger partial charge in [0.25, 0.3) is 0 Å². The highest BCUT2D eigenvalue weighted by Crippen LogP contribution is 2.39. The van der Waals surface area contributed by atoms with E-state index in [4.69, 9.17) is 0 Å². The van der Waals surface area contributed by atoms with E-state index in [1.165, 1.54) is 0 Å². The zero-order valence-electron chi connectivity index (χ0n) is 10.9. The van der Waals surface area contributed by atoms with Gasteiger partial charge in [-0.25, -0.2) is 0 Å². The Balaban J connectivity index is 1.78. The lowest BCUT2D eigenvalue weighted by molar-refractivity contribution is -0.186. The zero-order valence-corrected chi connectivity index (χ0v) is 10.9. The van der Waals surface area contributed by atoms with Gasteiger partial charge in [0.1, 0.15) is 0 Å². The van der Waals surface area contributed by atoms with Crippen LogP contribution in [0.15, 0.2) is 0 Å². The summed E-state index contributed by atoms with van der Waals surface area (Å²) in [7, 11) is 0. The third-order valence-corrected chi connectivity index (χ3v) is 4.24. The molecule has 0 spiro atoms. The van der Waals surface area contributed by atoms with Crippen LogP contribution in [0, 0.1) is 17.8 Å². The molecular formula is C13H21F3N2O. The maximum Gasteiger partial charge on any atom is 0.391 e. The first-order valence-corrected chi connectivity index (χ1v) is 7.02. The number of amides is 1. The van der Waals surface area contributed by atoms with Crippen molar-refractivity contribution in [2.24, 2.45) is 17.8 Å². The highest BCUT2D eigenvalue weighted by molar-refractivity contribution is 5.78. The van der Waals surface area contributed by atoms with E-state index < -0.39 is 18.0 Å². The van der Waals surface area contributed by atoms with Crippen LogP contribution in [0.2, 0.25) is 0 Å². The van der Waals surface area contributed by atoms with Crippen LogP contribution in [0.5, 0.6) is 0 Å². The Kier molecular flexibility index (Phi) is 4.71. The van der Waals surface area contributed by atoms with Crippen molar-refractivity contribution < 1.29 is 18.0 Å². The molecule has 6 heteroatoms. The van der Waals surface area contributed by atoms with Crippen molar-refractivity contribution in [2.45, 2.75) is 38.3 Å². The molecular weight excluding hydrogens is 257 g/mol. The number of carbonyl (C=O) groups is 1. The van der Waals surface area contributed by atoms with E-state index in [2.05, 4.69) is 10.6 Å². The summed E-state index contributed by atoms with van der Waals surface area (Å²) in [4.78, 5) is 11.9. The van der Waals surface area contributed by atoms with Crippen LogP contribution in [0.1, 0.15) is 32.1 Å². The van der Waals surface area contributed by atoms with Crippen LogP contribution >= 0.6 is 0 Å². The molecule has 3 unspecified atom stereocenters. The quantitative estimate of drug-likeness (QED) is 0.830. The predicted molar refractivity (Wildman–Crippen MR) is 65.5 cm³/mol. The summed E-state index contributed by atoms with van der Waals surface area (Å²) >= 11 is 0. The minimum atomic E-state index is -4.16. The van der Waals surface area contributed by atoms with Crippen molar-refractivity contribution >= 4 is 5.91 Å². The van der Waals surface area contributed by atoms with E-state index in [-0.39, 0.29) is 18.7 Å². The van der Waals surface area contributed by atoms with Gasteiger partial charge in [-0.1, -0.05) is 6.42 Å². The SMILES string of the molecule is O=C(NCC1CCNC1)C1CCCC(C(F)(F)F)C1. The number of hydrogen-bond acceptors (Lipinski definition) is 2. The van der Waals surface area contributed by atoms with Gasteiger partial charge >= 0.3 is 6.18 Å². The monoisotopic (exact) mass is 278 g/mol. The molecule has 2 fully saturated rings. The summed E-state index contributed by atoms with van der Waals surface area (Å²) in [6.07, 6.45) is -1.93. The maximum absolute atomic E-state index is 12.7. The largest absolute Gasteiger partial charge is 0.391 e. The molecule has 110 valence electrons. The Hall–Kier alpha value is -0.780. The average Bonchev–Trinajstić information content (AvgIpc) is 2.88. The second-order valence-corrected chi connectivity index (χ2v) is 5.71. The molecule has 1 amide bonds. The third-order valence-electron chi connectivity index (χ3n) is 4.24. The molecule has 2 aliphatic rings. The van der Waals surface area contributed by atoms with Gasteiger partial charge in [-0.05, 0) is 44.7 Å². The normalized spacial score (nSPS) is 32.3. The van der Waals surface area contributed by atoms with Gasteiger partial charge in [0.05, 0.1) is 5.92 Å². The first-order valence-electron chi connectivity index (χ1n) is 7.02. The number of rotatable bonds is 3. The first kappa shape index (κ1) is 14.6. The van der Waals surface area contributed by atoms with E-state index >= 15 is 0 Å². The number of halogens is 3. The second-order valence-electron chi connectivity index (χ2n) is 5.71. The van der Waals surface area contributed by atoms with E-state index in [0.717, 1.165) is 19.5 Å². The number of alkyl halides is 3. The van der Waals surface area contributed by atoms with Gasteiger partial charge in [-0.15, -0.1) is 0 Å². The summed E-state index contributed by atoms with van der Waals surface area (Å²) in [5, 5.41) is 6.02. The van der Waals surface area contributed by atoms with E-state index in [1.54, 1.807) is 0 Å². The smallest absolute Gasteiger partial charge is 0.356 e. The molecule has 3 atom stereocenters. The molecule has 19 heavy (non-hydrogen) atoms. The fourth-order valence-corrected chi connectivity index (χ4v) is 3.00. The molecule has 0 aromatic heterocycles. The molecule has 1 saturated heterocycles. The maximum atomic E-state index is 12.7. The second kappa shape index (κ2) is 6.11. The fraction of sp³-hybridized carbons (Fsp3) is 0.923. The van der Waals surface area contributed by atoms with Gasteiger partial charge in [0.15, 0.2) is 0 Å². The van der Waals surface area contributed by atoms with Crippen molar-refractivity contribution in [3.8, 4) is 0 Å². The molecule has 0 bridgehead atoms. The standard InChI is InChI=1S/C13H21F3N2O/c14-13(15,16)11-3-1-2-10(6-11)12(19)18-8-9-4-5-17-7-9/h9-11,17H,1-8H2,(H,18,19). The number of hydrogen-bond donors (Lipinski definition) is 2. The van der Waals surface area contributed by atoms with Crippen molar-refractivity contribution in [1.29, 1.82) is 0 Å². The number of carbonyl (C=O) groups excluding carboxylic acids is 1. The van der Waals surface area contributed by atoms with Crippen LogP contribution in [-0.2, 0) is 4.79 Å². The zero-order chi connectivity index (χ0) is 13.9. The van der Waals surface area contributed by atoms with Crippen molar-refractivity contribution in [2.75, 3.05) is 19.6 Å². The Labute approximate surface area is 111 Å². The minimum absolute atomic E-state index is 0.0434. The molecule has 1 aliphatic carbocycles. The molecule has 2 N–H and O–H groups in total. The highest BCUT2D eigenvalue weighted by Gasteiger charge is 2.43. The summed E-state index contributed by atoms with van der Waals surface area (Å²) in [5.74, 6) is -1.54. The molecule has 2 rings (SSSR count). The Morgan fingerprint density at radius 3 is 2.68 bits per heavy atom. The summed E-state index contributed by atoms with van der Waals surface area (Å²) < 4.78 is 38.0. The van der Waals surface area contributed by atoms with Crippen LogP contribution in [-0.4, -0.2) is 31.7 Å². The average molecular weight is 278 g/mol. The van der Waals surface area contributed by atoms with Crippen molar-refractivity contribution in [1.82, 2.24) is 10.6 Å². The van der Waals surface area contributed by atoms with Gasteiger partial charge in [0, 0.05) is 12.5 Å². The van der Waals surface area contributed by atoms with Crippen molar-refractivity contribution in [3.63, 3.8) is 0 Å². The molecule has 0 radical (unpaired) electrons. The lowest BCUT2D eigenvalue weighted by Gasteiger charge is -2.30. The lowest BCUT2D eigenvalue weighted by atomic mass is 9.80. The molecule has 0 aromatic rings.